The number of para-hydroxylation sites is 2. The molecule has 4 nitrogen and oxygen atoms in total. The van der Waals surface area contributed by atoms with Gasteiger partial charge in [0.1, 0.15) is 11.2 Å². The third-order valence-corrected chi connectivity index (χ3v) is 14.4. The van der Waals surface area contributed by atoms with Gasteiger partial charge in [-0.3, -0.25) is 0 Å². The number of fused-ring (bicyclic) bond motifs is 11. The Kier molecular flexibility index (Phi) is 9.28. The Hall–Kier alpha value is -8.60. The molecular formula is C65H48N2O2. The Labute approximate surface area is 401 Å². The molecule has 4 heteroatoms. The summed E-state index contributed by atoms with van der Waals surface area (Å²) in [4.78, 5) is 4.77. The fourth-order valence-electron chi connectivity index (χ4n) is 11.1. The second-order valence-corrected chi connectivity index (χ2v) is 18.7. The first-order valence-corrected chi connectivity index (χ1v) is 23.8. The van der Waals surface area contributed by atoms with E-state index in [0.29, 0.717) is 0 Å². The van der Waals surface area contributed by atoms with Crippen molar-refractivity contribution < 1.29 is 8.83 Å². The molecule has 69 heavy (non-hydrogen) atoms. The number of benzene rings is 10. The molecule has 0 amide bonds. The van der Waals surface area contributed by atoms with E-state index < -0.39 is 5.41 Å². The summed E-state index contributed by atoms with van der Waals surface area (Å²) in [5.41, 5.74) is 20.4. The van der Waals surface area contributed by atoms with E-state index in [4.69, 9.17) is 8.83 Å². The number of furan rings is 2. The molecule has 2 aromatic heterocycles. The molecule has 1 aliphatic rings. The molecule has 330 valence electrons. The van der Waals surface area contributed by atoms with E-state index in [1.807, 2.05) is 0 Å². The van der Waals surface area contributed by atoms with Gasteiger partial charge in [0.25, 0.3) is 0 Å². The van der Waals surface area contributed by atoms with E-state index in [0.717, 1.165) is 89.1 Å². The maximum absolute atomic E-state index is 7.28. The number of anilines is 6. The average molecular weight is 889 g/mol. The zero-order valence-corrected chi connectivity index (χ0v) is 39.0. The standard InChI is InChI=1S/C65H48N2O2/c1-41-23-31-47(32-24-41)66(48-33-25-42(2)26-34-48)55-39-53-61(59-51-19-11-13-21-57(51)68-63(55)59)62-54(65(53,45-15-7-5-8-16-45)46-17-9-6-10-18-46)40-56(64-60(62)52-20-12-14-22-58(52)69-64)67(49-35-27-43(3)28-36-49)50-37-29-44(4)30-38-50/h5-40H,1-4H3. The van der Waals surface area contributed by atoms with E-state index in [1.165, 1.54) is 44.5 Å². The number of hydrogen-bond acceptors (Lipinski definition) is 4. The average Bonchev–Trinajstić information content (AvgIpc) is 4.06. The van der Waals surface area contributed by atoms with Gasteiger partial charge in [-0.15, -0.1) is 0 Å². The van der Waals surface area contributed by atoms with Gasteiger partial charge in [-0.05, 0) is 134 Å². The van der Waals surface area contributed by atoms with Crippen molar-refractivity contribution in [1.82, 2.24) is 0 Å². The summed E-state index contributed by atoms with van der Waals surface area (Å²) >= 11 is 0. The van der Waals surface area contributed by atoms with Crippen LogP contribution in [0, 0.1) is 27.7 Å². The normalized spacial score (nSPS) is 12.8. The lowest BCUT2D eigenvalue weighted by Gasteiger charge is -2.36. The quantitative estimate of drug-likeness (QED) is 0.152. The zero-order valence-electron chi connectivity index (χ0n) is 39.0. The highest BCUT2D eigenvalue weighted by atomic mass is 16.3. The Bertz CT molecular complexity index is 3550. The fourth-order valence-corrected chi connectivity index (χ4v) is 11.1. The van der Waals surface area contributed by atoms with Gasteiger partial charge in [-0.2, -0.15) is 0 Å². The summed E-state index contributed by atoms with van der Waals surface area (Å²) in [7, 11) is 0. The van der Waals surface area contributed by atoms with Gasteiger partial charge >= 0.3 is 0 Å². The summed E-state index contributed by atoms with van der Waals surface area (Å²) < 4.78 is 14.6. The monoisotopic (exact) mass is 888 g/mol. The summed E-state index contributed by atoms with van der Waals surface area (Å²) in [5.74, 6) is 0. The molecule has 0 spiro atoms. The van der Waals surface area contributed by atoms with Crippen LogP contribution in [0.4, 0.5) is 34.1 Å². The van der Waals surface area contributed by atoms with Crippen LogP contribution >= 0.6 is 0 Å². The molecule has 10 aromatic carbocycles. The van der Waals surface area contributed by atoms with E-state index in [-0.39, 0.29) is 0 Å². The van der Waals surface area contributed by atoms with Gasteiger partial charge < -0.3 is 18.6 Å². The van der Waals surface area contributed by atoms with Crippen molar-refractivity contribution in [2.75, 3.05) is 9.80 Å². The zero-order chi connectivity index (χ0) is 46.4. The second-order valence-electron chi connectivity index (χ2n) is 18.7. The van der Waals surface area contributed by atoms with Crippen LogP contribution in [-0.4, -0.2) is 0 Å². The largest absolute Gasteiger partial charge is 0.454 e. The third-order valence-electron chi connectivity index (χ3n) is 14.4. The molecule has 0 saturated carbocycles. The molecule has 0 aliphatic heterocycles. The van der Waals surface area contributed by atoms with Crippen LogP contribution in [0.5, 0.6) is 0 Å². The van der Waals surface area contributed by atoms with Crippen molar-refractivity contribution in [3.05, 3.63) is 263 Å². The molecule has 0 bridgehead atoms. The molecule has 1 aliphatic carbocycles. The molecule has 2 heterocycles. The highest BCUT2D eigenvalue weighted by molar-refractivity contribution is 6.27. The van der Waals surface area contributed by atoms with Gasteiger partial charge in [-0.25, -0.2) is 0 Å². The Balaban J connectivity index is 1.27. The molecule has 13 rings (SSSR count). The first-order valence-electron chi connectivity index (χ1n) is 23.8. The first kappa shape index (κ1) is 40.7. The van der Waals surface area contributed by atoms with Gasteiger partial charge in [0.05, 0.1) is 16.8 Å². The summed E-state index contributed by atoms with van der Waals surface area (Å²) in [6.45, 7) is 8.58. The molecular weight excluding hydrogens is 841 g/mol. The molecule has 0 saturated heterocycles. The van der Waals surface area contributed by atoms with Crippen LogP contribution in [-0.2, 0) is 5.41 Å². The van der Waals surface area contributed by atoms with E-state index in [2.05, 4.69) is 256 Å². The minimum Gasteiger partial charge on any atom is -0.454 e. The minimum absolute atomic E-state index is 0.824. The Morgan fingerprint density at radius 3 is 0.971 bits per heavy atom. The topological polar surface area (TPSA) is 32.8 Å². The van der Waals surface area contributed by atoms with Crippen molar-refractivity contribution in [3.8, 4) is 11.1 Å². The van der Waals surface area contributed by atoms with Gasteiger partial charge in [0, 0.05) is 44.3 Å². The van der Waals surface area contributed by atoms with E-state index in [1.54, 1.807) is 0 Å². The number of nitrogens with zero attached hydrogens (tertiary/aromatic N) is 2. The first-order chi connectivity index (χ1) is 33.9. The summed E-state index contributed by atoms with van der Waals surface area (Å²) in [6, 6.07) is 79.7. The number of aryl methyl sites for hydroxylation is 4. The molecule has 0 fully saturated rings. The maximum atomic E-state index is 7.28. The maximum Gasteiger partial charge on any atom is 0.160 e. The molecule has 0 radical (unpaired) electrons. The summed E-state index contributed by atoms with van der Waals surface area (Å²) in [5, 5.41) is 4.27. The number of rotatable bonds is 8. The van der Waals surface area contributed by atoms with Crippen LogP contribution in [0.1, 0.15) is 44.5 Å². The van der Waals surface area contributed by atoms with Crippen LogP contribution in [0.15, 0.2) is 227 Å². The lowest BCUT2D eigenvalue weighted by Crippen LogP contribution is -2.29. The molecule has 0 N–H and O–H groups in total. The van der Waals surface area contributed by atoms with Gasteiger partial charge in [0.2, 0.25) is 0 Å². The highest BCUT2D eigenvalue weighted by Crippen LogP contribution is 2.64. The molecule has 0 unspecified atom stereocenters. The second kappa shape index (κ2) is 15.8. The highest BCUT2D eigenvalue weighted by Gasteiger charge is 2.50. The lowest BCUT2D eigenvalue weighted by atomic mass is 9.67. The fraction of sp³-hybridized carbons (Fsp3) is 0.0769. The van der Waals surface area contributed by atoms with Gasteiger partial charge in [0.15, 0.2) is 11.2 Å². The van der Waals surface area contributed by atoms with Crippen molar-refractivity contribution in [2.45, 2.75) is 33.1 Å². The van der Waals surface area contributed by atoms with Crippen molar-refractivity contribution in [3.63, 3.8) is 0 Å². The Morgan fingerprint density at radius 2 is 0.638 bits per heavy atom. The van der Waals surface area contributed by atoms with Crippen molar-refractivity contribution in [2.24, 2.45) is 0 Å². The third kappa shape index (κ3) is 6.22. The summed E-state index contributed by atoms with van der Waals surface area (Å²) in [6.07, 6.45) is 0. The SMILES string of the molecule is Cc1ccc(N(c2ccc(C)cc2)c2cc3c(c4c2oc2ccccc24)-c2c(cc(N(c4ccc(C)cc4)c4ccc(C)cc4)c4oc5ccccc5c24)C3(c2ccccc2)c2ccccc2)cc1. The Morgan fingerprint density at radius 1 is 0.333 bits per heavy atom. The number of hydrogen-bond donors (Lipinski definition) is 0. The van der Waals surface area contributed by atoms with E-state index in [9.17, 15) is 0 Å². The lowest BCUT2D eigenvalue weighted by molar-refractivity contribution is 0.668. The van der Waals surface area contributed by atoms with Crippen LogP contribution in [0.2, 0.25) is 0 Å². The van der Waals surface area contributed by atoms with Crippen molar-refractivity contribution in [1.29, 1.82) is 0 Å². The molecule has 12 aromatic rings. The predicted octanol–water partition coefficient (Wildman–Crippen LogP) is 18.0. The van der Waals surface area contributed by atoms with Gasteiger partial charge in [-0.1, -0.05) is 168 Å². The van der Waals surface area contributed by atoms with Crippen LogP contribution in [0.3, 0.4) is 0 Å². The smallest absolute Gasteiger partial charge is 0.160 e. The van der Waals surface area contributed by atoms with Crippen molar-refractivity contribution >= 4 is 78.0 Å². The predicted molar refractivity (Wildman–Crippen MR) is 287 cm³/mol. The van der Waals surface area contributed by atoms with E-state index >= 15 is 0 Å². The van der Waals surface area contributed by atoms with Crippen LogP contribution < -0.4 is 9.80 Å². The minimum atomic E-state index is -0.825. The molecule has 0 atom stereocenters. The van der Waals surface area contributed by atoms with Crippen LogP contribution in [0.25, 0.3) is 55.0 Å².